The zero-order valence-corrected chi connectivity index (χ0v) is 19.5. The van der Waals surface area contributed by atoms with E-state index < -0.39 is 29.7 Å². The van der Waals surface area contributed by atoms with E-state index >= 15 is 0 Å². The molecule has 3 heterocycles. The molecule has 1 aromatic heterocycles. The third-order valence-corrected chi connectivity index (χ3v) is 7.19. The molecular formula is C27H26FN3O4. The van der Waals surface area contributed by atoms with Gasteiger partial charge in [-0.2, -0.15) is 0 Å². The molecule has 2 aliphatic heterocycles. The van der Waals surface area contributed by atoms with E-state index in [1.165, 1.54) is 15.5 Å². The highest BCUT2D eigenvalue weighted by molar-refractivity contribution is 5.96. The molecule has 2 aliphatic rings. The lowest BCUT2D eigenvalue weighted by Crippen LogP contribution is -2.49. The zero-order valence-electron chi connectivity index (χ0n) is 19.5. The maximum absolute atomic E-state index is 14.5. The fourth-order valence-corrected chi connectivity index (χ4v) is 5.58. The van der Waals surface area contributed by atoms with Gasteiger partial charge in [-0.15, -0.1) is 0 Å². The van der Waals surface area contributed by atoms with Gasteiger partial charge >= 0.3 is 0 Å². The first-order valence-corrected chi connectivity index (χ1v) is 11.5. The van der Waals surface area contributed by atoms with Crippen LogP contribution in [0.5, 0.6) is 0 Å². The molecule has 180 valence electrons. The van der Waals surface area contributed by atoms with Crippen molar-refractivity contribution in [2.45, 2.75) is 18.6 Å². The Bertz CT molecular complexity index is 1350. The highest BCUT2D eigenvalue weighted by Gasteiger charge is 2.57. The molecule has 0 aliphatic carbocycles. The quantitative estimate of drug-likeness (QED) is 0.629. The molecule has 3 aromatic rings. The minimum Gasteiger partial charge on any atom is -0.396 e. The number of fused-ring (bicyclic) bond motifs is 4. The summed E-state index contributed by atoms with van der Waals surface area (Å²) in [5.74, 6) is -2.26. The summed E-state index contributed by atoms with van der Waals surface area (Å²) in [4.78, 5) is 43.7. The lowest BCUT2D eigenvalue weighted by atomic mass is 9.86. The first kappa shape index (κ1) is 23.0. The van der Waals surface area contributed by atoms with Crippen LogP contribution >= 0.6 is 0 Å². The number of amides is 2. The maximum atomic E-state index is 14.5. The Morgan fingerprint density at radius 3 is 2.34 bits per heavy atom. The van der Waals surface area contributed by atoms with Crippen molar-refractivity contribution < 1.29 is 19.1 Å². The number of hydrogen-bond acceptors (Lipinski definition) is 4. The predicted molar refractivity (Wildman–Crippen MR) is 128 cm³/mol. The highest BCUT2D eigenvalue weighted by atomic mass is 19.1. The molecule has 0 saturated carbocycles. The van der Waals surface area contributed by atoms with Gasteiger partial charge in [0, 0.05) is 50.0 Å². The third kappa shape index (κ3) is 3.56. The van der Waals surface area contributed by atoms with Crippen molar-refractivity contribution in [3.05, 3.63) is 94.2 Å². The number of carbonyl (C=O) groups excluding carboxylic acids is 2. The van der Waals surface area contributed by atoms with Crippen molar-refractivity contribution in [3.8, 4) is 11.1 Å². The van der Waals surface area contributed by atoms with E-state index in [9.17, 15) is 23.9 Å². The molecule has 8 heteroatoms. The molecule has 2 amide bonds. The summed E-state index contributed by atoms with van der Waals surface area (Å²) in [5, 5.41) is 10.4. The topological polar surface area (TPSA) is 82.8 Å². The SMILES string of the molecule is CN(C)C(=O)[C@H]1[C@H](CO)[C@H]2Cn3c(ccc(-c4ccccc4F)c3=O)[C@@H]1N2C(=O)c1ccccc1. The van der Waals surface area contributed by atoms with Crippen LogP contribution in [-0.2, 0) is 11.3 Å². The Morgan fingerprint density at radius 2 is 1.69 bits per heavy atom. The number of aliphatic hydroxyl groups excluding tert-OH is 1. The monoisotopic (exact) mass is 475 g/mol. The average Bonchev–Trinajstić information content (AvgIpc) is 3.10. The van der Waals surface area contributed by atoms with Gasteiger partial charge < -0.3 is 19.5 Å². The molecule has 35 heavy (non-hydrogen) atoms. The Morgan fingerprint density at radius 1 is 1.00 bits per heavy atom. The fraction of sp³-hybridized carbons (Fsp3) is 0.296. The maximum Gasteiger partial charge on any atom is 0.258 e. The Labute approximate surface area is 202 Å². The lowest BCUT2D eigenvalue weighted by molar-refractivity contribution is -0.135. The van der Waals surface area contributed by atoms with E-state index in [4.69, 9.17) is 0 Å². The molecule has 0 spiro atoms. The number of nitrogens with zero attached hydrogens (tertiary/aromatic N) is 3. The van der Waals surface area contributed by atoms with Gasteiger partial charge in [0.2, 0.25) is 5.91 Å². The second kappa shape index (κ2) is 8.78. The Kier molecular flexibility index (Phi) is 5.76. The number of aliphatic hydroxyl groups is 1. The van der Waals surface area contributed by atoms with Crippen molar-refractivity contribution in [3.63, 3.8) is 0 Å². The van der Waals surface area contributed by atoms with Gasteiger partial charge in [-0.1, -0.05) is 36.4 Å². The van der Waals surface area contributed by atoms with Crippen molar-refractivity contribution in [1.29, 1.82) is 0 Å². The van der Waals surface area contributed by atoms with E-state index in [-0.39, 0.29) is 41.7 Å². The van der Waals surface area contributed by atoms with Gasteiger partial charge in [0.1, 0.15) is 5.82 Å². The van der Waals surface area contributed by atoms with E-state index in [0.29, 0.717) is 11.3 Å². The molecular weight excluding hydrogens is 449 g/mol. The number of hydrogen-bond donors (Lipinski definition) is 1. The summed E-state index contributed by atoms with van der Waals surface area (Å²) in [6.45, 7) is -0.207. The van der Waals surface area contributed by atoms with Gasteiger partial charge in [-0.3, -0.25) is 14.4 Å². The molecule has 0 radical (unpaired) electrons. The van der Waals surface area contributed by atoms with Crippen molar-refractivity contribution in [2.24, 2.45) is 11.8 Å². The first-order chi connectivity index (χ1) is 16.8. The van der Waals surface area contributed by atoms with Gasteiger partial charge in [0.25, 0.3) is 11.5 Å². The number of benzene rings is 2. The van der Waals surface area contributed by atoms with Crippen molar-refractivity contribution in [2.75, 3.05) is 20.7 Å². The van der Waals surface area contributed by atoms with Crippen LogP contribution in [0.1, 0.15) is 22.1 Å². The van der Waals surface area contributed by atoms with Gasteiger partial charge in [0.15, 0.2) is 0 Å². The van der Waals surface area contributed by atoms with Crippen molar-refractivity contribution in [1.82, 2.24) is 14.4 Å². The van der Waals surface area contributed by atoms with Gasteiger partial charge in [-0.05, 0) is 30.3 Å². The van der Waals surface area contributed by atoms with Crippen LogP contribution in [0, 0.1) is 17.7 Å². The second-order valence-corrected chi connectivity index (χ2v) is 9.26. The molecule has 5 rings (SSSR count). The van der Waals surface area contributed by atoms with Crippen LogP contribution in [0.2, 0.25) is 0 Å². The molecule has 1 N–H and O–H groups in total. The highest BCUT2D eigenvalue weighted by Crippen LogP contribution is 2.49. The molecule has 2 bridgehead atoms. The van der Waals surface area contributed by atoms with Gasteiger partial charge in [0.05, 0.1) is 23.6 Å². The average molecular weight is 476 g/mol. The summed E-state index contributed by atoms with van der Waals surface area (Å²) in [5.41, 5.74) is 0.999. The zero-order chi connectivity index (χ0) is 24.9. The Balaban J connectivity index is 1.69. The summed E-state index contributed by atoms with van der Waals surface area (Å²) in [6.07, 6.45) is 0. The smallest absolute Gasteiger partial charge is 0.258 e. The predicted octanol–water partition coefficient (Wildman–Crippen LogP) is 2.55. The Hall–Kier alpha value is -3.78. The summed E-state index contributed by atoms with van der Waals surface area (Å²) in [6, 6.07) is 16.8. The fourth-order valence-electron chi connectivity index (χ4n) is 5.58. The minimum atomic E-state index is -0.740. The lowest BCUT2D eigenvalue weighted by Gasteiger charge is -2.38. The molecule has 1 saturated heterocycles. The van der Waals surface area contributed by atoms with Crippen LogP contribution < -0.4 is 5.56 Å². The van der Waals surface area contributed by atoms with E-state index in [1.54, 1.807) is 73.6 Å². The molecule has 0 unspecified atom stereocenters. The minimum absolute atomic E-state index is 0.105. The van der Waals surface area contributed by atoms with Gasteiger partial charge in [-0.25, -0.2) is 4.39 Å². The number of halogens is 1. The normalized spacial score (nSPS) is 22.6. The first-order valence-electron chi connectivity index (χ1n) is 11.5. The van der Waals surface area contributed by atoms with E-state index in [0.717, 1.165) is 0 Å². The standard InChI is InChI=1S/C27H26FN3O4/c1-29(2)27(35)23-19(15-32)22-14-30-21(24(23)31(22)25(33)16-8-4-3-5-9-16)13-12-18(26(30)34)17-10-6-7-11-20(17)28/h3-13,19,22-24,32H,14-15H2,1-2H3/t19-,22-,23+,24+/m1/s1. The largest absolute Gasteiger partial charge is 0.396 e. The summed E-state index contributed by atoms with van der Waals surface area (Å²) < 4.78 is 16.0. The van der Waals surface area contributed by atoms with E-state index in [1.807, 2.05) is 6.07 Å². The number of carbonyl (C=O) groups is 2. The molecule has 7 nitrogen and oxygen atoms in total. The summed E-state index contributed by atoms with van der Waals surface area (Å²) in [7, 11) is 3.27. The van der Waals surface area contributed by atoms with E-state index in [2.05, 4.69) is 0 Å². The van der Waals surface area contributed by atoms with Crippen LogP contribution in [0.3, 0.4) is 0 Å². The number of rotatable bonds is 4. The van der Waals surface area contributed by atoms with Crippen molar-refractivity contribution >= 4 is 11.8 Å². The number of aromatic nitrogens is 1. The third-order valence-electron chi connectivity index (χ3n) is 7.19. The van der Waals surface area contributed by atoms with Crippen LogP contribution in [0.25, 0.3) is 11.1 Å². The molecule has 1 fully saturated rings. The summed E-state index contributed by atoms with van der Waals surface area (Å²) >= 11 is 0. The van der Waals surface area contributed by atoms with Crippen LogP contribution in [0.15, 0.2) is 71.5 Å². The van der Waals surface area contributed by atoms with Crippen LogP contribution in [0.4, 0.5) is 4.39 Å². The molecule has 2 aromatic carbocycles. The number of pyridine rings is 1. The second-order valence-electron chi connectivity index (χ2n) is 9.26. The molecule has 4 atom stereocenters. The van der Waals surface area contributed by atoms with Crippen LogP contribution in [-0.4, -0.2) is 58.0 Å².